The molecule has 0 spiro atoms. The Morgan fingerprint density at radius 1 is 1.14 bits per heavy atom. The first kappa shape index (κ1) is 29.1. The monoisotopic (exact) mass is 530 g/mol. The van der Waals surface area contributed by atoms with Crippen LogP contribution in [0.2, 0.25) is 18.1 Å². The van der Waals surface area contributed by atoms with Crippen LogP contribution in [0.1, 0.15) is 99.3 Å². The van der Waals surface area contributed by atoms with Gasteiger partial charge in [0.15, 0.2) is 8.32 Å². The second kappa shape index (κ2) is 11.3. The molecule has 0 radical (unpaired) electrons. The maximum Gasteiger partial charge on any atom is 0.312 e. The summed E-state index contributed by atoms with van der Waals surface area (Å²) in [6.07, 6.45) is 17.0. The molecule has 0 aromatic carbocycles. The third-order valence-corrected chi connectivity index (χ3v) is 15.0. The van der Waals surface area contributed by atoms with Crippen LogP contribution in [0.4, 0.5) is 0 Å². The van der Waals surface area contributed by atoms with Gasteiger partial charge in [0.1, 0.15) is 6.10 Å². The maximum absolute atomic E-state index is 13.3. The quantitative estimate of drug-likeness (QED) is 0.246. The zero-order valence-corrected chi connectivity index (χ0v) is 26.0. The second-order valence-corrected chi connectivity index (χ2v) is 19.4. The Balaban J connectivity index is 1.42. The van der Waals surface area contributed by atoms with Gasteiger partial charge in [0.2, 0.25) is 0 Å². The molecule has 3 aliphatic carbocycles. The van der Waals surface area contributed by atoms with Gasteiger partial charge in [-0.25, -0.2) is 0 Å². The minimum Gasteiger partial charge on any atom is -0.461 e. The van der Waals surface area contributed by atoms with Gasteiger partial charge >= 0.3 is 5.97 Å². The maximum atomic E-state index is 13.3. The summed E-state index contributed by atoms with van der Waals surface area (Å²) in [5, 5.41) is 0.230. The van der Waals surface area contributed by atoms with Gasteiger partial charge < -0.3 is 13.9 Å². The van der Waals surface area contributed by atoms with Crippen molar-refractivity contribution in [2.45, 2.75) is 136 Å². The number of hydrogen-bond donors (Lipinski definition) is 0. The van der Waals surface area contributed by atoms with Crippen molar-refractivity contribution in [3.8, 4) is 0 Å². The molecule has 4 rings (SSSR count). The van der Waals surface area contributed by atoms with Crippen molar-refractivity contribution in [1.29, 1.82) is 0 Å². The van der Waals surface area contributed by atoms with Crippen molar-refractivity contribution in [3.63, 3.8) is 0 Å². The standard InChI is InChI=1S/C32H54O4Si/c1-22-19-24-12-11-23(2)27(29(24)28(20-22)35-30(33)32(6)16-9-10-17-32)14-13-25-21-26(15-18-34-25)36-37(7,8)31(3,4)5/h11-12,19,22-23,25-29H,9-10,13-18,20-21H2,1-8H3/t22-,23-,25+,26+,27-,28-,29-/m0/s1. The average Bonchev–Trinajstić information content (AvgIpc) is 3.25. The van der Waals surface area contributed by atoms with Crippen LogP contribution < -0.4 is 0 Å². The van der Waals surface area contributed by atoms with E-state index in [-0.39, 0.29) is 28.6 Å². The van der Waals surface area contributed by atoms with Gasteiger partial charge in [0.25, 0.3) is 0 Å². The molecule has 4 nitrogen and oxygen atoms in total. The number of hydrogen-bond acceptors (Lipinski definition) is 4. The fourth-order valence-electron chi connectivity index (χ4n) is 6.99. The van der Waals surface area contributed by atoms with Crippen LogP contribution in [0.5, 0.6) is 0 Å². The first-order chi connectivity index (χ1) is 17.3. The third-order valence-electron chi connectivity index (χ3n) is 10.5. The van der Waals surface area contributed by atoms with Crippen LogP contribution in [-0.4, -0.2) is 39.2 Å². The summed E-state index contributed by atoms with van der Waals surface area (Å²) in [5.74, 6) is 1.73. The molecule has 1 aliphatic heterocycles. The lowest BCUT2D eigenvalue weighted by Crippen LogP contribution is -2.46. The van der Waals surface area contributed by atoms with Gasteiger partial charge in [-0.2, -0.15) is 0 Å². The molecule has 1 saturated carbocycles. The molecule has 37 heavy (non-hydrogen) atoms. The van der Waals surface area contributed by atoms with Gasteiger partial charge in [-0.15, -0.1) is 0 Å². The number of carbonyl (C=O) groups is 1. The highest BCUT2D eigenvalue weighted by molar-refractivity contribution is 6.74. The summed E-state index contributed by atoms with van der Waals surface area (Å²) in [7, 11) is -1.78. The topological polar surface area (TPSA) is 44.8 Å². The van der Waals surface area contributed by atoms with Crippen LogP contribution in [0.3, 0.4) is 0 Å². The van der Waals surface area contributed by atoms with E-state index >= 15 is 0 Å². The van der Waals surface area contributed by atoms with Crippen molar-refractivity contribution in [3.05, 3.63) is 23.8 Å². The normalized spacial score (nSPS) is 36.1. The fourth-order valence-corrected chi connectivity index (χ4v) is 8.39. The van der Waals surface area contributed by atoms with E-state index in [0.717, 1.165) is 64.4 Å². The van der Waals surface area contributed by atoms with Crippen molar-refractivity contribution in [1.82, 2.24) is 0 Å². The number of ether oxygens (including phenoxy) is 2. The van der Waals surface area contributed by atoms with Crippen LogP contribution in [0.15, 0.2) is 23.8 Å². The zero-order valence-electron chi connectivity index (χ0n) is 25.0. The minimum atomic E-state index is -1.78. The Hall–Kier alpha value is -0.913. The summed E-state index contributed by atoms with van der Waals surface area (Å²) in [4.78, 5) is 13.3. The van der Waals surface area contributed by atoms with E-state index in [0.29, 0.717) is 29.8 Å². The lowest BCUT2D eigenvalue weighted by Gasteiger charge is -2.44. The smallest absolute Gasteiger partial charge is 0.312 e. The van der Waals surface area contributed by atoms with E-state index < -0.39 is 8.32 Å². The first-order valence-electron chi connectivity index (χ1n) is 15.2. The van der Waals surface area contributed by atoms with E-state index in [1.54, 1.807) is 0 Å². The van der Waals surface area contributed by atoms with Crippen LogP contribution in [0, 0.1) is 29.1 Å². The van der Waals surface area contributed by atoms with Crippen molar-refractivity contribution < 1.29 is 18.7 Å². The predicted molar refractivity (Wildman–Crippen MR) is 154 cm³/mol. The summed E-state index contributed by atoms with van der Waals surface area (Å²) in [6.45, 7) is 19.2. The molecule has 0 aromatic heterocycles. The van der Waals surface area contributed by atoms with Crippen LogP contribution >= 0.6 is 0 Å². The summed E-state index contributed by atoms with van der Waals surface area (Å²) < 4.78 is 19.5. The second-order valence-electron chi connectivity index (χ2n) is 14.6. The molecule has 7 atom stereocenters. The molecule has 4 aliphatic rings. The number of carbonyl (C=O) groups excluding carboxylic acids is 1. The largest absolute Gasteiger partial charge is 0.461 e. The van der Waals surface area contributed by atoms with Crippen molar-refractivity contribution in [2.75, 3.05) is 6.61 Å². The van der Waals surface area contributed by atoms with Crippen molar-refractivity contribution in [2.24, 2.45) is 29.1 Å². The average molecular weight is 531 g/mol. The van der Waals surface area contributed by atoms with Gasteiger partial charge in [0.05, 0.1) is 11.5 Å². The van der Waals surface area contributed by atoms with E-state index in [1.807, 2.05) is 0 Å². The van der Waals surface area contributed by atoms with Gasteiger partial charge in [0, 0.05) is 18.6 Å². The van der Waals surface area contributed by atoms with E-state index in [4.69, 9.17) is 13.9 Å². The summed E-state index contributed by atoms with van der Waals surface area (Å²) >= 11 is 0. The van der Waals surface area contributed by atoms with Gasteiger partial charge in [-0.05, 0) is 93.3 Å². The lowest BCUT2D eigenvalue weighted by molar-refractivity contribution is -0.165. The van der Waals surface area contributed by atoms with Crippen LogP contribution in [-0.2, 0) is 18.7 Å². The molecule has 0 aromatic rings. The molecule has 0 amide bonds. The predicted octanol–water partition coefficient (Wildman–Crippen LogP) is 8.23. The Morgan fingerprint density at radius 3 is 2.51 bits per heavy atom. The number of esters is 1. The Kier molecular flexibility index (Phi) is 8.87. The molecule has 1 saturated heterocycles. The highest BCUT2D eigenvalue weighted by atomic mass is 28.4. The molecule has 1 heterocycles. The van der Waals surface area contributed by atoms with Gasteiger partial charge in [-0.3, -0.25) is 4.79 Å². The highest BCUT2D eigenvalue weighted by Gasteiger charge is 2.45. The molecular formula is C32H54O4Si. The van der Waals surface area contributed by atoms with Gasteiger partial charge in [-0.1, -0.05) is 65.7 Å². The fraction of sp³-hybridized carbons (Fsp3) is 0.844. The molecular weight excluding hydrogens is 476 g/mol. The highest BCUT2D eigenvalue weighted by Crippen LogP contribution is 2.47. The van der Waals surface area contributed by atoms with E-state index in [2.05, 4.69) is 72.9 Å². The number of rotatable bonds is 7. The van der Waals surface area contributed by atoms with E-state index in [1.165, 1.54) is 5.57 Å². The van der Waals surface area contributed by atoms with Crippen molar-refractivity contribution >= 4 is 14.3 Å². The van der Waals surface area contributed by atoms with E-state index in [9.17, 15) is 4.79 Å². The molecule has 0 unspecified atom stereocenters. The lowest BCUT2D eigenvalue weighted by atomic mass is 9.65. The molecule has 210 valence electrons. The SMILES string of the molecule is C[C@H]1C=C2C=C[C@H](C)[C@H](CC[C@@H]3C[C@H](O[Si](C)(C)C(C)(C)C)CCO3)[C@H]2[C@@H](OC(=O)C2(C)CCCC2)C1. The number of fused-ring (bicyclic) bond motifs is 1. The summed E-state index contributed by atoms with van der Waals surface area (Å²) in [5.41, 5.74) is 1.10. The Bertz CT molecular complexity index is 863. The Labute approximate surface area is 228 Å². The summed E-state index contributed by atoms with van der Waals surface area (Å²) in [6, 6.07) is 0. The molecule has 2 fully saturated rings. The minimum absolute atomic E-state index is 0.0146. The number of allylic oxidation sites excluding steroid dienone is 3. The van der Waals surface area contributed by atoms with Crippen LogP contribution in [0.25, 0.3) is 0 Å². The Morgan fingerprint density at radius 2 is 1.84 bits per heavy atom. The zero-order chi connectivity index (χ0) is 27.0. The molecule has 5 heteroatoms. The third kappa shape index (κ3) is 6.63. The first-order valence-corrected chi connectivity index (χ1v) is 18.1. The molecule has 0 N–H and O–H groups in total. The molecule has 0 bridgehead atoms.